The number of ether oxygens (including phenoxy) is 1. The van der Waals surface area contributed by atoms with Crippen molar-refractivity contribution in [2.45, 2.75) is 6.92 Å². The van der Waals surface area contributed by atoms with E-state index in [1.807, 2.05) is 0 Å². The summed E-state index contributed by atoms with van der Waals surface area (Å²) in [6, 6.07) is 6.76. The molecule has 23 heavy (non-hydrogen) atoms. The van der Waals surface area contributed by atoms with E-state index < -0.39 is 5.97 Å². The molecule has 3 rings (SSSR count). The summed E-state index contributed by atoms with van der Waals surface area (Å²) in [5.74, 6) is -0.307. The lowest BCUT2D eigenvalue weighted by molar-refractivity contribution is 0.0532. The van der Waals surface area contributed by atoms with Gasteiger partial charge in [-0.1, -0.05) is 23.2 Å². The molecule has 0 spiro atoms. The lowest BCUT2D eigenvalue weighted by Crippen LogP contribution is -2.01. The third-order valence-electron chi connectivity index (χ3n) is 3.07. The SMILES string of the molecule is CCOC(=O)c1cc2c(-c3cc(Cl)ccc3Cl)nc(N)nc2s1. The quantitative estimate of drug-likeness (QED) is 0.693. The van der Waals surface area contributed by atoms with E-state index in [0.717, 1.165) is 0 Å². The van der Waals surface area contributed by atoms with E-state index >= 15 is 0 Å². The molecule has 118 valence electrons. The van der Waals surface area contributed by atoms with Crippen LogP contribution >= 0.6 is 34.5 Å². The Morgan fingerprint density at radius 2 is 2.09 bits per heavy atom. The van der Waals surface area contributed by atoms with Crippen molar-refractivity contribution < 1.29 is 9.53 Å². The molecular formula is C15H11Cl2N3O2S. The highest BCUT2D eigenvalue weighted by Crippen LogP contribution is 2.37. The number of nitrogens with zero attached hydrogens (tertiary/aromatic N) is 2. The van der Waals surface area contributed by atoms with E-state index in [2.05, 4.69) is 9.97 Å². The Bertz CT molecular complexity index is 911. The molecule has 0 radical (unpaired) electrons. The number of nitrogen functional groups attached to an aromatic ring is 1. The maximum Gasteiger partial charge on any atom is 0.348 e. The molecule has 0 saturated heterocycles. The number of nitrogens with two attached hydrogens (primary N) is 1. The van der Waals surface area contributed by atoms with Crippen molar-refractivity contribution in [1.29, 1.82) is 0 Å². The maximum absolute atomic E-state index is 11.9. The molecule has 0 aliphatic heterocycles. The molecule has 2 aromatic heterocycles. The number of carbonyl (C=O) groups excluding carboxylic acids is 1. The van der Waals surface area contributed by atoms with Gasteiger partial charge in [-0.2, -0.15) is 0 Å². The van der Waals surface area contributed by atoms with E-state index in [0.29, 0.717) is 43.0 Å². The Hall–Kier alpha value is -1.89. The van der Waals surface area contributed by atoms with Gasteiger partial charge in [-0.25, -0.2) is 14.8 Å². The molecule has 1 aromatic carbocycles. The normalized spacial score (nSPS) is 10.9. The zero-order chi connectivity index (χ0) is 16.6. The van der Waals surface area contributed by atoms with Gasteiger partial charge in [0.15, 0.2) is 0 Å². The summed E-state index contributed by atoms with van der Waals surface area (Å²) < 4.78 is 5.02. The molecule has 0 aliphatic carbocycles. The first kappa shape index (κ1) is 16.0. The lowest BCUT2D eigenvalue weighted by Gasteiger charge is -2.06. The van der Waals surface area contributed by atoms with Crippen molar-refractivity contribution in [3.8, 4) is 11.3 Å². The summed E-state index contributed by atoms with van der Waals surface area (Å²) in [5.41, 5.74) is 6.95. The van der Waals surface area contributed by atoms with Gasteiger partial charge in [-0.15, -0.1) is 11.3 Å². The Labute approximate surface area is 146 Å². The first-order valence-corrected chi connectivity index (χ1v) is 8.26. The van der Waals surface area contributed by atoms with E-state index in [4.69, 9.17) is 33.7 Å². The minimum Gasteiger partial charge on any atom is -0.462 e. The number of benzene rings is 1. The largest absolute Gasteiger partial charge is 0.462 e. The van der Waals surface area contributed by atoms with Crippen molar-refractivity contribution in [3.63, 3.8) is 0 Å². The molecule has 0 atom stereocenters. The second-order valence-corrected chi connectivity index (χ2v) is 6.48. The van der Waals surface area contributed by atoms with Crippen molar-refractivity contribution >= 4 is 56.7 Å². The van der Waals surface area contributed by atoms with Crippen LogP contribution in [-0.2, 0) is 4.74 Å². The van der Waals surface area contributed by atoms with Crippen LogP contribution in [0.3, 0.4) is 0 Å². The van der Waals surface area contributed by atoms with Crippen LogP contribution in [0, 0.1) is 0 Å². The van der Waals surface area contributed by atoms with Crippen LogP contribution < -0.4 is 5.73 Å². The molecule has 0 saturated carbocycles. The van der Waals surface area contributed by atoms with Gasteiger partial charge in [0.2, 0.25) is 5.95 Å². The highest BCUT2D eigenvalue weighted by Gasteiger charge is 2.18. The average Bonchev–Trinajstić information content (AvgIpc) is 2.93. The molecule has 5 nitrogen and oxygen atoms in total. The first-order valence-electron chi connectivity index (χ1n) is 6.69. The van der Waals surface area contributed by atoms with Crippen LogP contribution in [0.25, 0.3) is 21.5 Å². The number of thiophene rings is 1. The molecule has 0 bridgehead atoms. The fourth-order valence-electron chi connectivity index (χ4n) is 2.13. The Morgan fingerprint density at radius 1 is 1.30 bits per heavy atom. The van der Waals surface area contributed by atoms with Crippen LogP contribution in [0.1, 0.15) is 16.6 Å². The molecule has 0 unspecified atom stereocenters. The summed E-state index contributed by atoms with van der Waals surface area (Å²) in [6.07, 6.45) is 0. The van der Waals surface area contributed by atoms with Gasteiger partial charge >= 0.3 is 5.97 Å². The molecular weight excluding hydrogens is 357 g/mol. The second-order valence-electron chi connectivity index (χ2n) is 4.60. The Kier molecular flexibility index (Phi) is 4.39. The number of aromatic nitrogens is 2. The monoisotopic (exact) mass is 367 g/mol. The summed E-state index contributed by atoms with van der Waals surface area (Å²) >= 11 is 13.5. The fraction of sp³-hybridized carbons (Fsp3) is 0.133. The summed E-state index contributed by atoms with van der Waals surface area (Å²) in [6.45, 7) is 2.05. The molecule has 8 heteroatoms. The fourth-order valence-corrected chi connectivity index (χ4v) is 3.44. The van der Waals surface area contributed by atoms with Crippen LogP contribution in [0.5, 0.6) is 0 Å². The molecule has 2 heterocycles. The minimum absolute atomic E-state index is 0.0980. The third-order valence-corrected chi connectivity index (χ3v) is 4.64. The van der Waals surface area contributed by atoms with E-state index in [1.54, 1.807) is 31.2 Å². The summed E-state index contributed by atoms with van der Waals surface area (Å²) in [5, 5.41) is 1.68. The maximum atomic E-state index is 11.9. The molecule has 2 N–H and O–H groups in total. The third kappa shape index (κ3) is 3.10. The van der Waals surface area contributed by atoms with E-state index in [1.165, 1.54) is 11.3 Å². The minimum atomic E-state index is -0.405. The van der Waals surface area contributed by atoms with Crippen molar-refractivity contribution in [3.05, 3.63) is 39.2 Å². The average molecular weight is 368 g/mol. The van der Waals surface area contributed by atoms with Gasteiger partial charge in [-0.05, 0) is 31.2 Å². The number of hydrogen-bond donors (Lipinski definition) is 1. The lowest BCUT2D eigenvalue weighted by atomic mass is 10.1. The zero-order valence-electron chi connectivity index (χ0n) is 12.0. The summed E-state index contributed by atoms with van der Waals surface area (Å²) in [7, 11) is 0. The van der Waals surface area contributed by atoms with E-state index in [9.17, 15) is 4.79 Å². The van der Waals surface area contributed by atoms with Crippen molar-refractivity contribution in [2.24, 2.45) is 0 Å². The Morgan fingerprint density at radius 3 is 2.83 bits per heavy atom. The molecule has 0 amide bonds. The van der Waals surface area contributed by atoms with Gasteiger partial charge in [0, 0.05) is 16.0 Å². The Balaban J connectivity index is 2.24. The number of carbonyl (C=O) groups is 1. The number of halogens is 2. The number of esters is 1. The van der Waals surface area contributed by atoms with Gasteiger partial charge in [0.25, 0.3) is 0 Å². The number of fused-ring (bicyclic) bond motifs is 1. The van der Waals surface area contributed by atoms with Crippen LogP contribution in [0.4, 0.5) is 5.95 Å². The zero-order valence-corrected chi connectivity index (χ0v) is 14.3. The number of hydrogen-bond acceptors (Lipinski definition) is 6. The molecule has 3 aromatic rings. The van der Waals surface area contributed by atoms with Gasteiger partial charge in [-0.3, -0.25) is 0 Å². The molecule has 0 fully saturated rings. The van der Waals surface area contributed by atoms with Crippen LogP contribution in [0.2, 0.25) is 10.0 Å². The van der Waals surface area contributed by atoms with Crippen LogP contribution in [-0.4, -0.2) is 22.5 Å². The van der Waals surface area contributed by atoms with Crippen molar-refractivity contribution in [2.75, 3.05) is 12.3 Å². The smallest absolute Gasteiger partial charge is 0.348 e. The highest BCUT2D eigenvalue weighted by atomic mass is 35.5. The number of anilines is 1. The van der Waals surface area contributed by atoms with E-state index in [-0.39, 0.29) is 5.95 Å². The van der Waals surface area contributed by atoms with Crippen molar-refractivity contribution in [1.82, 2.24) is 9.97 Å². The van der Waals surface area contributed by atoms with Gasteiger partial charge in [0.1, 0.15) is 9.71 Å². The number of rotatable bonds is 3. The predicted octanol–water partition coefficient (Wildman–Crippen LogP) is 4.42. The standard InChI is InChI=1S/C15H11Cl2N3O2S/c1-2-22-14(21)11-6-9-12(19-15(18)20-13(9)23-11)8-5-7(16)3-4-10(8)17/h3-6H,2H2,1H3,(H2,18,19,20). The van der Waals surface area contributed by atoms with Crippen LogP contribution in [0.15, 0.2) is 24.3 Å². The second kappa shape index (κ2) is 6.31. The first-order chi connectivity index (χ1) is 11.0. The molecule has 0 aliphatic rings. The van der Waals surface area contributed by atoms with Gasteiger partial charge in [0.05, 0.1) is 17.3 Å². The predicted molar refractivity (Wildman–Crippen MR) is 93.2 cm³/mol. The summed E-state index contributed by atoms with van der Waals surface area (Å²) in [4.78, 5) is 21.4. The topological polar surface area (TPSA) is 78.1 Å². The highest BCUT2D eigenvalue weighted by molar-refractivity contribution is 7.20. The van der Waals surface area contributed by atoms with Gasteiger partial charge < -0.3 is 10.5 Å².